The third kappa shape index (κ3) is 5.95. The van der Waals surface area contributed by atoms with Gasteiger partial charge in [-0.2, -0.15) is 0 Å². The molecule has 9 heteroatoms. The van der Waals surface area contributed by atoms with Gasteiger partial charge in [0.15, 0.2) is 6.61 Å². The van der Waals surface area contributed by atoms with E-state index >= 15 is 0 Å². The van der Waals surface area contributed by atoms with Gasteiger partial charge in [0.1, 0.15) is 22.1 Å². The molecule has 33 heavy (non-hydrogen) atoms. The number of benzene rings is 3. The summed E-state index contributed by atoms with van der Waals surface area (Å²) in [5, 5.41) is 2.66. The minimum atomic E-state index is -4.00. The smallest absolute Gasteiger partial charge is 0.265 e. The Morgan fingerprint density at radius 1 is 0.879 bits per heavy atom. The zero-order chi connectivity index (χ0) is 24.0. The largest absolute Gasteiger partial charge is 0.497 e. The monoisotopic (exact) mass is 470 g/mol. The molecule has 0 aromatic heterocycles. The van der Waals surface area contributed by atoms with Gasteiger partial charge in [0, 0.05) is 11.4 Å². The average molecular weight is 471 g/mol. The highest BCUT2D eigenvalue weighted by Crippen LogP contribution is 2.29. The number of ether oxygens (including phenoxy) is 3. The third-order valence-electron chi connectivity index (χ3n) is 4.99. The van der Waals surface area contributed by atoms with Crippen LogP contribution in [0.25, 0.3) is 0 Å². The van der Waals surface area contributed by atoms with Crippen molar-refractivity contribution in [3.63, 3.8) is 0 Å². The van der Waals surface area contributed by atoms with Crippen LogP contribution in [0.1, 0.15) is 11.1 Å². The molecule has 8 nitrogen and oxygen atoms in total. The van der Waals surface area contributed by atoms with Gasteiger partial charge in [-0.25, -0.2) is 8.42 Å². The van der Waals surface area contributed by atoms with Crippen LogP contribution in [0.2, 0.25) is 0 Å². The molecule has 0 heterocycles. The summed E-state index contributed by atoms with van der Waals surface area (Å²) in [5.74, 6) is 0.934. The summed E-state index contributed by atoms with van der Waals surface area (Å²) in [6.45, 7) is 3.66. The van der Waals surface area contributed by atoms with Gasteiger partial charge in [0.2, 0.25) is 0 Å². The predicted molar refractivity (Wildman–Crippen MR) is 127 cm³/mol. The number of hydrogen-bond donors (Lipinski definition) is 2. The normalized spacial score (nSPS) is 10.9. The van der Waals surface area contributed by atoms with Crippen molar-refractivity contribution in [1.82, 2.24) is 0 Å². The van der Waals surface area contributed by atoms with Crippen molar-refractivity contribution in [2.75, 3.05) is 30.9 Å². The Morgan fingerprint density at radius 3 is 2.24 bits per heavy atom. The SMILES string of the molecule is COc1ccc(NS(=O)(=O)c2cc(NC(=O)COc3cccc(C)c3C)ccc2OC)cc1. The van der Waals surface area contributed by atoms with Crippen LogP contribution >= 0.6 is 0 Å². The molecular formula is C24H26N2O6S. The van der Waals surface area contributed by atoms with Crippen LogP contribution in [0, 0.1) is 13.8 Å². The molecule has 0 spiro atoms. The first kappa shape index (κ1) is 23.9. The fourth-order valence-corrected chi connectivity index (χ4v) is 4.31. The Kier molecular flexibility index (Phi) is 7.44. The standard InChI is InChI=1S/C24H26N2O6S/c1-16-6-5-7-21(17(16)2)32-15-24(27)25-19-10-13-22(31-4)23(14-19)33(28,29)26-18-8-11-20(30-3)12-9-18/h5-14,26H,15H2,1-4H3,(H,25,27). The highest BCUT2D eigenvalue weighted by molar-refractivity contribution is 7.92. The molecule has 0 saturated heterocycles. The van der Waals surface area contributed by atoms with Crippen LogP contribution in [-0.4, -0.2) is 35.2 Å². The van der Waals surface area contributed by atoms with Gasteiger partial charge < -0.3 is 19.5 Å². The summed E-state index contributed by atoms with van der Waals surface area (Å²) in [4.78, 5) is 12.3. The lowest BCUT2D eigenvalue weighted by atomic mass is 10.1. The summed E-state index contributed by atoms with van der Waals surface area (Å²) in [6, 6.07) is 16.4. The Morgan fingerprint density at radius 2 is 1.58 bits per heavy atom. The van der Waals surface area contributed by atoms with Crippen molar-refractivity contribution >= 4 is 27.3 Å². The second-order valence-electron chi connectivity index (χ2n) is 7.23. The number of carbonyl (C=O) groups is 1. The van der Waals surface area contributed by atoms with Crippen LogP contribution < -0.4 is 24.2 Å². The molecule has 0 saturated carbocycles. The predicted octanol–water partition coefficient (Wildman–Crippen LogP) is 4.14. The van der Waals surface area contributed by atoms with Gasteiger partial charge in [0.05, 0.1) is 14.2 Å². The van der Waals surface area contributed by atoms with E-state index in [-0.39, 0.29) is 17.3 Å². The maximum Gasteiger partial charge on any atom is 0.265 e. The number of sulfonamides is 1. The maximum atomic E-state index is 13.0. The number of rotatable bonds is 9. The van der Waals surface area contributed by atoms with Gasteiger partial charge in [-0.1, -0.05) is 12.1 Å². The molecule has 0 aliphatic carbocycles. The Balaban J connectivity index is 1.75. The second-order valence-corrected chi connectivity index (χ2v) is 8.89. The molecule has 0 atom stereocenters. The van der Waals surface area contributed by atoms with E-state index in [9.17, 15) is 13.2 Å². The van der Waals surface area contributed by atoms with Crippen LogP contribution in [0.5, 0.6) is 17.2 Å². The number of aryl methyl sites for hydroxylation is 1. The summed E-state index contributed by atoms with van der Waals surface area (Å²) in [5.41, 5.74) is 2.66. The molecule has 1 amide bonds. The minimum Gasteiger partial charge on any atom is -0.497 e. The second kappa shape index (κ2) is 10.3. The van der Waals surface area contributed by atoms with Crippen molar-refractivity contribution in [3.8, 4) is 17.2 Å². The molecule has 0 aliphatic rings. The van der Waals surface area contributed by atoms with E-state index in [0.29, 0.717) is 22.9 Å². The number of methoxy groups -OCH3 is 2. The fourth-order valence-electron chi connectivity index (χ4n) is 3.05. The van der Waals surface area contributed by atoms with E-state index < -0.39 is 15.9 Å². The lowest BCUT2D eigenvalue weighted by molar-refractivity contribution is -0.118. The van der Waals surface area contributed by atoms with E-state index in [1.807, 2.05) is 26.0 Å². The van der Waals surface area contributed by atoms with E-state index in [1.54, 1.807) is 36.4 Å². The van der Waals surface area contributed by atoms with Gasteiger partial charge >= 0.3 is 0 Å². The van der Waals surface area contributed by atoms with Gasteiger partial charge in [-0.15, -0.1) is 0 Å². The Labute approximate surface area is 193 Å². The summed E-state index contributed by atoms with van der Waals surface area (Å²) < 4.78 is 44.4. The minimum absolute atomic E-state index is 0.117. The van der Waals surface area contributed by atoms with Crippen molar-refractivity contribution < 1.29 is 27.4 Å². The van der Waals surface area contributed by atoms with Crippen LogP contribution in [0.15, 0.2) is 65.6 Å². The molecule has 3 aromatic rings. The molecule has 0 unspecified atom stereocenters. The molecule has 174 valence electrons. The quantitative estimate of drug-likeness (QED) is 0.487. The molecule has 0 fully saturated rings. The number of amides is 1. The molecule has 3 aromatic carbocycles. The van der Waals surface area contributed by atoms with Crippen LogP contribution in [-0.2, 0) is 14.8 Å². The van der Waals surface area contributed by atoms with Crippen LogP contribution in [0.3, 0.4) is 0 Å². The first-order valence-corrected chi connectivity index (χ1v) is 11.6. The van der Waals surface area contributed by atoms with Crippen molar-refractivity contribution in [2.24, 2.45) is 0 Å². The van der Waals surface area contributed by atoms with E-state index in [1.165, 1.54) is 26.4 Å². The third-order valence-corrected chi connectivity index (χ3v) is 6.40. The van der Waals surface area contributed by atoms with Crippen molar-refractivity contribution in [1.29, 1.82) is 0 Å². The Bertz CT molecular complexity index is 1240. The summed E-state index contributed by atoms with van der Waals surface area (Å²) in [7, 11) is -1.10. The molecule has 0 aliphatic heterocycles. The molecule has 0 bridgehead atoms. The average Bonchev–Trinajstić information content (AvgIpc) is 2.80. The Hall–Kier alpha value is -3.72. The van der Waals surface area contributed by atoms with Gasteiger partial charge in [0.25, 0.3) is 15.9 Å². The number of carbonyl (C=O) groups excluding carboxylic acids is 1. The number of anilines is 2. The maximum absolute atomic E-state index is 13.0. The highest BCUT2D eigenvalue weighted by Gasteiger charge is 2.21. The first-order valence-electron chi connectivity index (χ1n) is 10.1. The number of hydrogen-bond acceptors (Lipinski definition) is 6. The number of nitrogens with one attached hydrogen (secondary N) is 2. The lowest BCUT2D eigenvalue weighted by Crippen LogP contribution is -2.21. The zero-order valence-corrected chi connectivity index (χ0v) is 19.7. The van der Waals surface area contributed by atoms with E-state index in [4.69, 9.17) is 14.2 Å². The topological polar surface area (TPSA) is 103 Å². The first-order chi connectivity index (χ1) is 15.7. The van der Waals surface area contributed by atoms with E-state index in [0.717, 1.165) is 11.1 Å². The summed E-state index contributed by atoms with van der Waals surface area (Å²) >= 11 is 0. The molecular weight excluding hydrogens is 444 g/mol. The van der Waals surface area contributed by atoms with Crippen LogP contribution in [0.4, 0.5) is 11.4 Å². The van der Waals surface area contributed by atoms with Crippen molar-refractivity contribution in [3.05, 3.63) is 71.8 Å². The zero-order valence-electron chi connectivity index (χ0n) is 18.8. The fraction of sp³-hybridized carbons (Fsp3) is 0.208. The van der Waals surface area contributed by atoms with Gasteiger partial charge in [-0.3, -0.25) is 9.52 Å². The van der Waals surface area contributed by atoms with E-state index in [2.05, 4.69) is 10.0 Å². The van der Waals surface area contributed by atoms with Gasteiger partial charge in [-0.05, 0) is 73.5 Å². The van der Waals surface area contributed by atoms with Crippen molar-refractivity contribution in [2.45, 2.75) is 18.7 Å². The lowest BCUT2D eigenvalue weighted by Gasteiger charge is -2.14. The molecule has 3 rings (SSSR count). The summed E-state index contributed by atoms with van der Waals surface area (Å²) in [6.07, 6.45) is 0. The molecule has 0 radical (unpaired) electrons. The highest BCUT2D eigenvalue weighted by atomic mass is 32.2. The molecule has 2 N–H and O–H groups in total.